The van der Waals surface area contributed by atoms with Crippen molar-refractivity contribution in [1.82, 2.24) is 4.90 Å². The maximum Gasteiger partial charge on any atom is 0.410 e. The van der Waals surface area contributed by atoms with E-state index >= 15 is 0 Å². The van der Waals surface area contributed by atoms with Crippen LogP contribution in [0.25, 0.3) is 0 Å². The van der Waals surface area contributed by atoms with Gasteiger partial charge in [0.2, 0.25) is 0 Å². The molecule has 1 heterocycles. The van der Waals surface area contributed by atoms with Gasteiger partial charge in [-0.15, -0.1) is 0 Å². The number of amides is 1. The second-order valence-electron chi connectivity index (χ2n) is 6.31. The summed E-state index contributed by atoms with van der Waals surface area (Å²) in [4.78, 5) is 13.9. The van der Waals surface area contributed by atoms with Gasteiger partial charge in [0.15, 0.2) is 0 Å². The zero-order valence-electron chi connectivity index (χ0n) is 12.6. The minimum atomic E-state index is -0.525. The molecule has 1 amide bonds. The van der Waals surface area contributed by atoms with Crippen molar-refractivity contribution in [2.75, 3.05) is 6.54 Å². The van der Waals surface area contributed by atoms with E-state index in [0.717, 1.165) is 17.5 Å². The van der Waals surface area contributed by atoms with Crippen molar-refractivity contribution in [3.8, 4) is 0 Å². The van der Waals surface area contributed by atoms with Crippen LogP contribution in [-0.2, 0) is 17.7 Å². The summed E-state index contributed by atoms with van der Waals surface area (Å²) < 4.78 is 5.42. The summed E-state index contributed by atoms with van der Waals surface area (Å²) >= 11 is 0. The first-order valence-corrected chi connectivity index (χ1v) is 7.04. The van der Waals surface area contributed by atoms with E-state index in [1.807, 2.05) is 32.9 Å². The number of aliphatic hydroxyl groups is 1. The van der Waals surface area contributed by atoms with E-state index in [2.05, 4.69) is 6.07 Å². The van der Waals surface area contributed by atoms with Gasteiger partial charge in [-0.05, 0) is 50.8 Å². The van der Waals surface area contributed by atoms with Crippen molar-refractivity contribution in [2.45, 2.75) is 52.4 Å². The summed E-state index contributed by atoms with van der Waals surface area (Å²) in [5.41, 5.74) is 2.68. The maximum atomic E-state index is 12.1. The van der Waals surface area contributed by atoms with E-state index in [4.69, 9.17) is 4.74 Å². The van der Waals surface area contributed by atoms with E-state index in [9.17, 15) is 9.90 Å². The molecule has 4 nitrogen and oxygen atoms in total. The van der Waals surface area contributed by atoms with Crippen LogP contribution < -0.4 is 0 Å². The summed E-state index contributed by atoms with van der Waals surface area (Å²) in [5.74, 6) is 0. The molecule has 2 rings (SSSR count). The van der Waals surface area contributed by atoms with Gasteiger partial charge in [-0.2, -0.15) is 0 Å². The quantitative estimate of drug-likeness (QED) is 0.858. The molecule has 0 unspecified atom stereocenters. The Kier molecular flexibility index (Phi) is 4.04. The van der Waals surface area contributed by atoms with Crippen LogP contribution in [0.1, 0.15) is 50.5 Å². The van der Waals surface area contributed by atoms with Crippen molar-refractivity contribution in [2.24, 2.45) is 0 Å². The highest BCUT2D eigenvalue weighted by Crippen LogP contribution is 2.27. The average molecular weight is 277 g/mol. The molecule has 20 heavy (non-hydrogen) atoms. The number of rotatable bonds is 1. The Morgan fingerprint density at radius 3 is 2.70 bits per heavy atom. The monoisotopic (exact) mass is 277 g/mol. The van der Waals surface area contributed by atoms with Crippen molar-refractivity contribution in [3.05, 3.63) is 34.9 Å². The molecule has 0 saturated carbocycles. The van der Waals surface area contributed by atoms with E-state index in [-0.39, 0.29) is 6.09 Å². The fourth-order valence-corrected chi connectivity index (χ4v) is 2.48. The minimum absolute atomic E-state index is 0.288. The Bertz CT molecular complexity index is 503. The second-order valence-corrected chi connectivity index (χ2v) is 6.31. The Hall–Kier alpha value is -1.55. The fraction of sp³-hybridized carbons (Fsp3) is 0.562. The van der Waals surface area contributed by atoms with Gasteiger partial charge in [0.05, 0.1) is 6.10 Å². The molecular formula is C16H23NO3. The standard InChI is InChI=1S/C16H23NO3/c1-11(18)13-7-5-6-12-8-9-17(10-14(12)13)15(19)20-16(2,3)4/h5-7,11,18H,8-10H2,1-4H3/t11-/m0/s1. The molecule has 0 fully saturated rings. The molecule has 0 spiro atoms. The molecule has 0 bridgehead atoms. The lowest BCUT2D eigenvalue weighted by Crippen LogP contribution is -2.40. The number of fused-ring (bicyclic) bond motifs is 1. The number of nitrogens with zero attached hydrogens (tertiary/aromatic N) is 1. The SMILES string of the molecule is C[C@H](O)c1cccc2c1CN(C(=O)OC(C)(C)C)CC2. The largest absolute Gasteiger partial charge is 0.444 e. The van der Waals surface area contributed by atoms with Crippen molar-refractivity contribution in [3.63, 3.8) is 0 Å². The molecule has 4 heteroatoms. The number of benzene rings is 1. The van der Waals surface area contributed by atoms with Gasteiger partial charge in [-0.1, -0.05) is 18.2 Å². The maximum absolute atomic E-state index is 12.1. The fourth-order valence-electron chi connectivity index (χ4n) is 2.48. The zero-order valence-corrected chi connectivity index (χ0v) is 12.6. The Morgan fingerprint density at radius 1 is 1.40 bits per heavy atom. The van der Waals surface area contributed by atoms with Gasteiger partial charge >= 0.3 is 6.09 Å². The molecule has 1 aromatic carbocycles. The number of aliphatic hydroxyl groups excluding tert-OH is 1. The van der Waals surface area contributed by atoms with Crippen LogP contribution in [0.3, 0.4) is 0 Å². The van der Waals surface area contributed by atoms with Gasteiger partial charge in [-0.25, -0.2) is 4.79 Å². The van der Waals surface area contributed by atoms with E-state index < -0.39 is 11.7 Å². The minimum Gasteiger partial charge on any atom is -0.444 e. The first-order chi connectivity index (χ1) is 9.28. The Balaban J connectivity index is 2.20. The summed E-state index contributed by atoms with van der Waals surface area (Å²) in [6.07, 6.45) is -0.0122. The predicted octanol–water partition coefficient (Wildman–Crippen LogP) is 3.03. The van der Waals surface area contributed by atoms with Crippen LogP contribution in [0, 0.1) is 0 Å². The number of ether oxygens (including phenoxy) is 1. The molecule has 0 radical (unpaired) electrons. The molecule has 0 aromatic heterocycles. The Labute approximate surface area is 120 Å². The third-order valence-electron chi connectivity index (χ3n) is 3.41. The molecule has 1 atom stereocenters. The van der Waals surface area contributed by atoms with Gasteiger partial charge in [-0.3, -0.25) is 0 Å². The van der Waals surface area contributed by atoms with E-state index in [1.165, 1.54) is 5.56 Å². The van der Waals surface area contributed by atoms with Crippen LogP contribution in [0.2, 0.25) is 0 Å². The zero-order chi connectivity index (χ0) is 14.9. The molecule has 1 aliphatic rings. The lowest BCUT2D eigenvalue weighted by Gasteiger charge is -2.32. The normalized spacial score (nSPS) is 16.6. The summed E-state index contributed by atoms with van der Waals surface area (Å²) in [5, 5.41) is 9.86. The molecule has 1 N–H and O–H groups in total. The van der Waals surface area contributed by atoms with Gasteiger partial charge in [0.25, 0.3) is 0 Å². The molecule has 110 valence electrons. The number of carbonyl (C=O) groups excluding carboxylic acids is 1. The first-order valence-electron chi connectivity index (χ1n) is 7.04. The van der Waals surface area contributed by atoms with Crippen LogP contribution >= 0.6 is 0 Å². The van der Waals surface area contributed by atoms with Crippen molar-refractivity contribution < 1.29 is 14.6 Å². The highest BCUT2D eigenvalue weighted by atomic mass is 16.6. The molecule has 0 saturated heterocycles. The highest BCUT2D eigenvalue weighted by Gasteiger charge is 2.27. The summed E-state index contributed by atoms with van der Waals surface area (Å²) in [7, 11) is 0. The third kappa shape index (κ3) is 3.31. The van der Waals surface area contributed by atoms with Crippen molar-refractivity contribution >= 4 is 6.09 Å². The molecule has 0 aliphatic carbocycles. The smallest absolute Gasteiger partial charge is 0.410 e. The summed E-state index contributed by atoms with van der Waals surface area (Å²) in [6, 6.07) is 5.94. The average Bonchev–Trinajstić information content (AvgIpc) is 2.35. The number of hydrogen-bond donors (Lipinski definition) is 1. The van der Waals surface area contributed by atoms with Gasteiger partial charge < -0.3 is 14.7 Å². The van der Waals surface area contributed by atoms with E-state index in [1.54, 1.807) is 11.8 Å². The van der Waals surface area contributed by atoms with Crippen molar-refractivity contribution in [1.29, 1.82) is 0 Å². The molecule has 1 aliphatic heterocycles. The van der Waals surface area contributed by atoms with Crippen LogP contribution in [-0.4, -0.2) is 28.2 Å². The van der Waals surface area contributed by atoms with E-state index in [0.29, 0.717) is 13.1 Å². The lowest BCUT2D eigenvalue weighted by molar-refractivity contribution is 0.0221. The molecule has 1 aromatic rings. The molecular weight excluding hydrogens is 254 g/mol. The Morgan fingerprint density at radius 2 is 2.10 bits per heavy atom. The third-order valence-corrected chi connectivity index (χ3v) is 3.41. The first kappa shape index (κ1) is 14.9. The second kappa shape index (κ2) is 5.44. The van der Waals surface area contributed by atoms with Crippen LogP contribution in [0.15, 0.2) is 18.2 Å². The van der Waals surface area contributed by atoms with Gasteiger partial charge in [0.1, 0.15) is 5.60 Å². The van der Waals surface area contributed by atoms with Crippen LogP contribution in [0.4, 0.5) is 4.79 Å². The van der Waals surface area contributed by atoms with Gasteiger partial charge in [0, 0.05) is 13.1 Å². The van der Waals surface area contributed by atoms with Crippen LogP contribution in [0.5, 0.6) is 0 Å². The summed E-state index contributed by atoms with van der Waals surface area (Å²) in [6.45, 7) is 8.51. The lowest BCUT2D eigenvalue weighted by atomic mass is 9.93. The number of carbonyl (C=O) groups is 1. The topological polar surface area (TPSA) is 49.8 Å². The number of hydrogen-bond acceptors (Lipinski definition) is 3. The highest BCUT2D eigenvalue weighted by molar-refractivity contribution is 5.68. The predicted molar refractivity (Wildman–Crippen MR) is 77.4 cm³/mol.